The number of methoxy groups -OCH3 is 1. The van der Waals surface area contributed by atoms with Gasteiger partial charge in [0.1, 0.15) is 38.6 Å². The Morgan fingerprint density at radius 1 is 0.641 bits per heavy atom. The van der Waals surface area contributed by atoms with E-state index in [0.29, 0.717) is 56.0 Å². The van der Waals surface area contributed by atoms with Crippen LogP contribution in [0.5, 0.6) is 23.0 Å². The van der Waals surface area contributed by atoms with E-state index in [9.17, 15) is 0 Å². The lowest BCUT2D eigenvalue weighted by atomic mass is 9.87. The predicted octanol–water partition coefficient (Wildman–Crippen LogP) is 7.49. The van der Waals surface area contributed by atoms with Gasteiger partial charge in [-0.25, -0.2) is 0 Å². The molecule has 0 saturated carbocycles. The van der Waals surface area contributed by atoms with E-state index in [1.165, 1.54) is 24.0 Å². The first-order valence-corrected chi connectivity index (χ1v) is 14.5. The van der Waals surface area contributed by atoms with E-state index >= 15 is 0 Å². The molecule has 6 nitrogen and oxygen atoms in total. The van der Waals surface area contributed by atoms with Gasteiger partial charge in [0.05, 0.1) is 0 Å². The highest BCUT2D eigenvalue weighted by atomic mass is 16.6. The van der Waals surface area contributed by atoms with Crippen molar-refractivity contribution in [2.24, 2.45) is 0 Å². The van der Waals surface area contributed by atoms with Gasteiger partial charge in [-0.1, -0.05) is 79.9 Å². The van der Waals surface area contributed by atoms with Crippen LogP contribution in [0.25, 0.3) is 0 Å². The Balaban J connectivity index is 1.90. The lowest BCUT2D eigenvalue weighted by Crippen LogP contribution is -2.31. The fraction of sp³-hybridized carbons (Fsp3) is 0.636. The predicted molar refractivity (Wildman–Crippen MR) is 157 cm³/mol. The summed E-state index contributed by atoms with van der Waals surface area (Å²) in [4.78, 5) is 0. The third kappa shape index (κ3) is 9.61. The monoisotopic (exact) mass is 542 g/mol. The SMILES string of the molecule is CCCCCCOC1COc2cc(C(C)(C)C)ccc2OCC(OC)COc2ccc(C(C)(C)C)cc2OC1. The van der Waals surface area contributed by atoms with E-state index < -0.39 is 0 Å². The Bertz CT molecular complexity index is 946. The molecule has 0 saturated heterocycles. The molecule has 0 aromatic heterocycles. The normalized spacial score (nSPS) is 18.9. The number of ether oxygens (including phenoxy) is 6. The quantitative estimate of drug-likeness (QED) is 0.338. The molecule has 0 N–H and O–H groups in total. The average Bonchev–Trinajstić information content (AvgIpc) is 2.88. The van der Waals surface area contributed by atoms with Crippen LogP contribution in [0.3, 0.4) is 0 Å². The second-order valence-corrected chi connectivity index (χ2v) is 12.5. The van der Waals surface area contributed by atoms with Gasteiger partial charge in [0.15, 0.2) is 23.0 Å². The number of unbranched alkanes of at least 4 members (excludes halogenated alkanes) is 3. The highest BCUT2D eigenvalue weighted by molar-refractivity contribution is 5.46. The van der Waals surface area contributed by atoms with E-state index in [4.69, 9.17) is 28.4 Å². The molecule has 3 rings (SSSR count). The van der Waals surface area contributed by atoms with Gasteiger partial charge in [-0.2, -0.15) is 0 Å². The van der Waals surface area contributed by atoms with Crippen LogP contribution in [0, 0.1) is 0 Å². The van der Waals surface area contributed by atoms with E-state index in [-0.39, 0.29) is 23.0 Å². The maximum Gasteiger partial charge on any atom is 0.161 e. The summed E-state index contributed by atoms with van der Waals surface area (Å²) in [6.07, 6.45) is 4.06. The maximum atomic E-state index is 6.39. The number of benzene rings is 2. The highest BCUT2D eigenvalue weighted by Gasteiger charge is 2.23. The highest BCUT2D eigenvalue weighted by Crippen LogP contribution is 2.36. The number of fused-ring (bicyclic) bond motifs is 2. The van der Waals surface area contributed by atoms with Gasteiger partial charge in [-0.3, -0.25) is 0 Å². The molecule has 2 aromatic carbocycles. The third-order valence-corrected chi connectivity index (χ3v) is 7.00. The molecular weight excluding hydrogens is 492 g/mol. The Labute approximate surface area is 236 Å². The molecule has 0 fully saturated rings. The van der Waals surface area contributed by atoms with Crippen LogP contribution < -0.4 is 18.9 Å². The molecule has 218 valence electrons. The first-order valence-electron chi connectivity index (χ1n) is 14.5. The van der Waals surface area contributed by atoms with Gasteiger partial charge in [0.2, 0.25) is 0 Å². The minimum absolute atomic E-state index is 0.0207. The van der Waals surface area contributed by atoms with Crippen molar-refractivity contribution >= 4 is 0 Å². The van der Waals surface area contributed by atoms with Gasteiger partial charge in [-0.15, -0.1) is 0 Å². The van der Waals surface area contributed by atoms with Gasteiger partial charge in [-0.05, 0) is 52.6 Å². The van der Waals surface area contributed by atoms with E-state index in [1.807, 2.05) is 12.1 Å². The topological polar surface area (TPSA) is 55.4 Å². The molecule has 39 heavy (non-hydrogen) atoms. The minimum atomic E-state index is -0.266. The van der Waals surface area contributed by atoms with Gasteiger partial charge in [0, 0.05) is 13.7 Å². The summed E-state index contributed by atoms with van der Waals surface area (Å²) in [6.45, 7) is 17.4. The summed E-state index contributed by atoms with van der Waals surface area (Å²) in [7, 11) is 1.67. The second kappa shape index (κ2) is 14.3. The van der Waals surface area contributed by atoms with E-state index in [2.05, 4.69) is 72.7 Å². The molecule has 0 bridgehead atoms. The molecule has 1 aliphatic rings. The number of rotatable bonds is 7. The van der Waals surface area contributed by atoms with Crippen LogP contribution in [-0.2, 0) is 20.3 Å². The van der Waals surface area contributed by atoms with Crippen LogP contribution in [0.15, 0.2) is 36.4 Å². The summed E-state index contributed by atoms with van der Waals surface area (Å²) in [5.74, 6) is 2.76. The fourth-order valence-electron chi connectivity index (χ4n) is 4.25. The first kappa shape index (κ1) is 31.1. The van der Waals surface area contributed by atoms with Crippen molar-refractivity contribution in [3.05, 3.63) is 47.5 Å². The molecular formula is C33H50O6. The van der Waals surface area contributed by atoms with Crippen LogP contribution in [-0.4, -0.2) is 52.4 Å². The van der Waals surface area contributed by atoms with Crippen LogP contribution in [0.2, 0.25) is 0 Å². The van der Waals surface area contributed by atoms with E-state index in [1.54, 1.807) is 7.11 Å². The van der Waals surface area contributed by atoms with Crippen molar-refractivity contribution in [1.82, 2.24) is 0 Å². The summed E-state index contributed by atoms with van der Waals surface area (Å²) in [5, 5.41) is 0. The zero-order chi connectivity index (χ0) is 28.5. The molecule has 1 aliphatic heterocycles. The van der Waals surface area contributed by atoms with Crippen LogP contribution >= 0.6 is 0 Å². The minimum Gasteiger partial charge on any atom is -0.487 e. The Hall–Kier alpha value is -2.44. The van der Waals surface area contributed by atoms with Crippen molar-refractivity contribution in [2.75, 3.05) is 40.1 Å². The Kier molecular flexibility index (Phi) is 11.4. The molecule has 2 aromatic rings. The Morgan fingerprint density at radius 3 is 1.54 bits per heavy atom. The summed E-state index contributed by atoms with van der Waals surface area (Å²) >= 11 is 0. The smallest absolute Gasteiger partial charge is 0.161 e. The van der Waals surface area contributed by atoms with E-state index in [0.717, 1.165) is 12.8 Å². The molecule has 0 unspecified atom stereocenters. The van der Waals surface area contributed by atoms with Crippen molar-refractivity contribution in [3.63, 3.8) is 0 Å². The molecule has 1 heterocycles. The van der Waals surface area contributed by atoms with Crippen molar-refractivity contribution in [2.45, 2.75) is 97.2 Å². The standard InChI is InChI=1S/C33H50O6/c1-9-10-11-12-17-35-27-22-38-30-18-24(32(2,3)4)13-15-28(30)36-20-26(34-8)21-37-29-16-14-25(33(5,6)7)19-31(29)39-23-27/h13-16,18-19,26-27H,9-12,17,20-23H2,1-8H3. The lowest BCUT2D eigenvalue weighted by molar-refractivity contribution is -0.0129. The summed E-state index contributed by atoms with van der Waals surface area (Å²) in [6, 6.07) is 12.3. The largest absolute Gasteiger partial charge is 0.487 e. The van der Waals surface area contributed by atoms with Crippen molar-refractivity contribution in [3.8, 4) is 23.0 Å². The number of hydrogen-bond acceptors (Lipinski definition) is 6. The number of hydrogen-bond donors (Lipinski definition) is 0. The van der Waals surface area contributed by atoms with Gasteiger partial charge >= 0.3 is 0 Å². The zero-order valence-corrected chi connectivity index (χ0v) is 25.4. The third-order valence-electron chi connectivity index (χ3n) is 7.00. The van der Waals surface area contributed by atoms with Gasteiger partial charge in [0.25, 0.3) is 0 Å². The molecule has 0 atom stereocenters. The average molecular weight is 543 g/mol. The van der Waals surface area contributed by atoms with Crippen LogP contribution in [0.4, 0.5) is 0 Å². The zero-order valence-electron chi connectivity index (χ0n) is 25.4. The second-order valence-electron chi connectivity index (χ2n) is 12.5. The molecule has 0 spiro atoms. The molecule has 0 amide bonds. The van der Waals surface area contributed by atoms with Crippen molar-refractivity contribution in [1.29, 1.82) is 0 Å². The van der Waals surface area contributed by atoms with Crippen LogP contribution in [0.1, 0.15) is 85.3 Å². The maximum absolute atomic E-state index is 6.39. The molecule has 0 aliphatic carbocycles. The Morgan fingerprint density at radius 2 is 1.10 bits per heavy atom. The first-order chi connectivity index (χ1) is 18.5. The lowest BCUT2D eigenvalue weighted by Gasteiger charge is -2.26. The molecule has 6 heteroatoms. The van der Waals surface area contributed by atoms with Gasteiger partial charge < -0.3 is 28.4 Å². The molecule has 0 radical (unpaired) electrons. The fourth-order valence-corrected chi connectivity index (χ4v) is 4.25. The summed E-state index contributed by atoms with van der Waals surface area (Å²) < 4.78 is 37.2. The summed E-state index contributed by atoms with van der Waals surface area (Å²) in [5.41, 5.74) is 2.31. The van der Waals surface area contributed by atoms with Crippen molar-refractivity contribution < 1.29 is 28.4 Å².